The number of aliphatic hydroxyl groups is 1. The number of carbonyl (C=O) groups is 2. The molecule has 0 saturated carbocycles. The molecule has 1 atom stereocenters. The summed E-state index contributed by atoms with van der Waals surface area (Å²) in [5.41, 5.74) is 2.34. The minimum absolute atomic E-state index is 0.0851. The van der Waals surface area contributed by atoms with Crippen molar-refractivity contribution in [3.63, 3.8) is 0 Å². The van der Waals surface area contributed by atoms with Crippen LogP contribution in [0.3, 0.4) is 0 Å². The van der Waals surface area contributed by atoms with Crippen LogP contribution in [0.2, 0.25) is 0 Å². The van der Waals surface area contributed by atoms with Crippen LogP contribution in [-0.4, -0.2) is 41.5 Å². The summed E-state index contributed by atoms with van der Waals surface area (Å²) < 4.78 is 11.3. The lowest BCUT2D eigenvalue weighted by Gasteiger charge is -2.25. The van der Waals surface area contributed by atoms with Crippen LogP contribution >= 0.6 is 0 Å². The molecule has 192 valence electrons. The highest BCUT2D eigenvalue weighted by Gasteiger charge is 2.45. The molecule has 4 rings (SSSR count). The third-order valence-corrected chi connectivity index (χ3v) is 6.43. The van der Waals surface area contributed by atoms with E-state index < -0.39 is 17.7 Å². The predicted octanol–water partition coefficient (Wildman–Crippen LogP) is 5.93. The molecule has 6 nitrogen and oxygen atoms in total. The number of Topliss-reactive ketones (excluding diaryl/α,β-unsaturated/α-hetero) is 1. The zero-order valence-electron chi connectivity index (χ0n) is 21.4. The van der Waals surface area contributed by atoms with Crippen molar-refractivity contribution in [2.75, 3.05) is 19.8 Å². The molecule has 0 aliphatic carbocycles. The number of benzene rings is 3. The third kappa shape index (κ3) is 6.02. The molecule has 3 aromatic carbocycles. The number of likely N-dealkylation sites (tertiary alicyclic amines) is 1. The fraction of sp³-hybridized carbons (Fsp3) is 0.290. The lowest BCUT2D eigenvalue weighted by atomic mass is 9.95. The molecule has 0 aromatic heterocycles. The van der Waals surface area contributed by atoms with Crippen molar-refractivity contribution in [2.45, 2.75) is 39.2 Å². The van der Waals surface area contributed by atoms with Gasteiger partial charge in [-0.3, -0.25) is 9.59 Å². The largest absolute Gasteiger partial charge is 0.507 e. The first kappa shape index (κ1) is 26.0. The highest BCUT2D eigenvalue weighted by atomic mass is 16.5. The Hall–Kier alpha value is -4.06. The molecule has 0 spiro atoms. The standard InChI is InChI=1S/C31H33NO5/c1-3-5-21-37-26-15-11-23(12-16-26)28-27(29(33)24-13-17-25(18-14-24)36-4-2)30(34)31(35)32(28)20-19-22-9-7-6-8-10-22/h6-18,28,33H,3-5,19-21H2,1-2H3. The van der Waals surface area contributed by atoms with E-state index >= 15 is 0 Å². The maximum absolute atomic E-state index is 13.3. The van der Waals surface area contributed by atoms with E-state index in [1.807, 2.05) is 61.5 Å². The van der Waals surface area contributed by atoms with E-state index in [4.69, 9.17) is 9.47 Å². The second-order valence-electron chi connectivity index (χ2n) is 8.96. The van der Waals surface area contributed by atoms with Crippen LogP contribution in [0.4, 0.5) is 0 Å². The number of unbranched alkanes of at least 4 members (excludes halogenated alkanes) is 1. The molecule has 6 heteroatoms. The second-order valence-corrected chi connectivity index (χ2v) is 8.96. The van der Waals surface area contributed by atoms with Crippen molar-refractivity contribution in [3.05, 3.63) is 101 Å². The molecule has 1 unspecified atom stereocenters. The molecule has 1 heterocycles. The Labute approximate surface area is 218 Å². The zero-order chi connectivity index (χ0) is 26.2. The molecule has 1 saturated heterocycles. The van der Waals surface area contributed by atoms with Crippen LogP contribution in [0, 0.1) is 0 Å². The molecule has 1 amide bonds. The van der Waals surface area contributed by atoms with E-state index in [1.54, 1.807) is 29.2 Å². The van der Waals surface area contributed by atoms with E-state index in [1.165, 1.54) is 0 Å². The minimum atomic E-state index is -0.708. The van der Waals surface area contributed by atoms with E-state index in [-0.39, 0.29) is 11.3 Å². The summed E-state index contributed by atoms with van der Waals surface area (Å²) in [6.45, 7) is 5.49. The monoisotopic (exact) mass is 499 g/mol. The van der Waals surface area contributed by atoms with Crippen LogP contribution in [-0.2, 0) is 16.0 Å². The quantitative estimate of drug-likeness (QED) is 0.153. The number of rotatable bonds is 11. The van der Waals surface area contributed by atoms with Crippen molar-refractivity contribution in [1.82, 2.24) is 4.90 Å². The van der Waals surface area contributed by atoms with Crippen molar-refractivity contribution < 1.29 is 24.2 Å². The van der Waals surface area contributed by atoms with Crippen LogP contribution < -0.4 is 9.47 Å². The van der Waals surface area contributed by atoms with Crippen LogP contribution in [0.15, 0.2) is 84.4 Å². The van der Waals surface area contributed by atoms with Gasteiger partial charge >= 0.3 is 0 Å². The number of ether oxygens (including phenoxy) is 2. The molecule has 37 heavy (non-hydrogen) atoms. The van der Waals surface area contributed by atoms with Crippen molar-refractivity contribution >= 4 is 17.4 Å². The van der Waals surface area contributed by atoms with Crippen molar-refractivity contribution in [3.8, 4) is 11.5 Å². The van der Waals surface area contributed by atoms with Gasteiger partial charge in [0.05, 0.1) is 24.8 Å². The number of amides is 1. The Morgan fingerprint density at radius 1 is 0.865 bits per heavy atom. The molecule has 3 aromatic rings. The number of carbonyl (C=O) groups excluding carboxylic acids is 2. The van der Waals surface area contributed by atoms with Crippen molar-refractivity contribution in [1.29, 1.82) is 0 Å². The Morgan fingerprint density at radius 2 is 1.51 bits per heavy atom. The lowest BCUT2D eigenvalue weighted by molar-refractivity contribution is -0.139. The van der Waals surface area contributed by atoms with Gasteiger partial charge in [-0.2, -0.15) is 0 Å². The van der Waals surface area contributed by atoms with Gasteiger partial charge in [0, 0.05) is 12.1 Å². The van der Waals surface area contributed by atoms with Gasteiger partial charge in [-0.1, -0.05) is 55.8 Å². The number of hydrogen-bond acceptors (Lipinski definition) is 5. The molecule has 0 bridgehead atoms. The van der Waals surface area contributed by atoms with E-state index in [9.17, 15) is 14.7 Å². The van der Waals surface area contributed by atoms with Gasteiger partial charge in [-0.25, -0.2) is 0 Å². The molecule has 1 N–H and O–H groups in total. The third-order valence-electron chi connectivity index (χ3n) is 6.43. The highest BCUT2D eigenvalue weighted by Crippen LogP contribution is 2.40. The Balaban J connectivity index is 1.70. The predicted molar refractivity (Wildman–Crippen MR) is 144 cm³/mol. The van der Waals surface area contributed by atoms with Gasteiger partial charge in [0.1, 0.15) is 17.3 Å². The van der Waals surface area contributed by atoms with Gasteiger partial charge < -0.3 is 19.5 Å². The molecule has 1 fully saturated rings. The normalized spacial score (nSPS) is 16.7. The summed E-state index contributed by atoms with van der Waals surface area (Å²) in [7, 11) is 0. The van der Waals surface area contributed by atoms with Gasteiger partial charge in [-0.15, -0.1) is 0 Å². The fourth-order valence-corrected chi connectivity index (χ4v) is 4.46. The first-order chi connectivity index (χ1) is 18.0. The minimum Gasteiger partial charge on any atom is -0.507 e. The van der Waals surface area contributed by atoms with Gasteiger partial charge in [-0.05, 0) is 67.3 Å². The lowest BCUT2D eigenvalue weighted by Crippen LogP contribution is -2.31. The van der Waals surface area contributed by atoms with Gasteiger partial charge in [0.2, 0.25) is 0 Å². The summed E-state index contributed by atoms with van der Waals surface area (Å²) in [6, 6.07) is 23.4. The molecular formula is C31H33NO5. The molecular weight excluding hydrogens is 466 g/mol. The van der Waals surface area contributed by atoms with Crippen LogP contribution in [0.1, 0.15) is 49.4 Å². The number of nitrogens with zero attached hydrogens (tertiary/aromatic N) is 1. The summed E-state index contributed by atoms with van der Waals surface area (Å²) in [5.74, 6) is -0.108. The number of hydrogen-bond donors (Lipinski definition) is 1. The first-order valence-electron chi connectivity index (χ1n) is 12.8. The Bertz CT molecular complexity index is 1230. The van der Waals surface area contributed by atoms with Crippen molar-refractivity contribution in [2.24, 2.45) is 0 Å². The fourth-order valence-electron chi connectivity index (χ4n) is 4.46. The van der Waals surface area contributed by atoms with Crippen LogP contribution in [0.25, 0.3) is 5.76 Å². The number of aliphatic hydroxyl groups excluding tert-OH is 1. The van der Waals surface area contributed by atoms with E-state index in [0.29, 0.717) is 37.5 Å². The Morgan fingerprint density at radius 3 is 2.16 bits per heavy atom. The van der Waals surface area contributed by atoms with E-state index in [0.717, 1.165) is 29.7 Å². The first-order valence-corrected chi connectivity index (χ1v) is 12.8. The summed E-state index contributed by atoms with van der Waals surface area (Å²) in [6.07, 6.45) is 2.59. The topological polar surface area (TPSA) is 76.1 Å². The summed E-state index contributed by atoms with van der Waals surface area (Å²) in [5, 5.41) is 11.3. The Kier molecular flexibility index (Phi) is 8.62. The van der Waals surface area contributed by atoms with E-state index in [2.05, 4.69) is 6.92 Å². The number of ketones is 1. The second kappa shape index (κ2) is 12.3. The maximum atomic E-state index is 13.3. The summed E-state index contributed by atoms with van der Waals surface area (Å²) >= 11 is 0. The maximum Gasteiger partial charge on any atom is 0.295 e. The van der Waals surface area contributed by atoms with Gasteiger partial charge in [0.25, 0.3) is 11.7 Å². The molecule has 0 radical (unpaired) electrons. The smallest absolute Gasteiger partial charge is 0.295 e. The van der Waals surface area contributed by atoms with Crippen LogP contribution in [0.5, 0.6) is 11.5 Å². The zero-order valence-corrected chi connectivity index (χ0v) is 21.4. The highest BCUT2D eigenvalue weighted by molar-refractivity contribution is 6.46. The average molecular weight is 500 g/mol. The molecule has 1 aliphatic heterocycles. The molecule has 1 aliphatic rings. The summed E-state index contributed by atoms with van der Waals surface area (Å²) in [4.78, 5) is 28.1. The average Bonchev–Trinajstić information content (AvgIpc) is 3.18. The SMILES string of the molecule is CCCCOc1ccc(C2C(=C(O)c3ccc(OCC)cc3)C(=O)C(=O)N2CCc2ccccc2)cc1. The van der Waals surface area contributed by atoms with Gasteiger partial charge in [0.15, 0.2) is 0 Å².